The Morgan fingerprint density at radius 2 is 2.05 bits per heavy atom. The SMILES string of the molecule is CC(C)CN1CCN(C(=O)CCC2(C)CC2)CC1CCO. The molecule has 1 heterocycles. The fraction of sp³-hybridized carbons (Fsp3) is 0.941. The molecule has 1 aliphatic carbocycles. The van der Waals surface area contributed by atoms with Crippen molar-refractivity contribution in [3.63, 3.8) is 0 Å². The summed E-state index contributed by atoms with van der Waals surface area (Å²) in [5.74, 6) is 0.943. The van der Waals surface area contributed by atoms with Crippen LogP contribution in [0.5, 0.6) is 0 Å². The van der Waals surface area contributed by atoms with E-state index in [0.29, 0.717) is 29.7 Å². The van der Waals surface area contributed by atoms with Crippen LogP contribution in [0, 0.1) is 11.3 Å². The summed E-state index contributed by atoms with van der Waals surface area (Å²) in [6.07, 6.45) is 5.09. The molecular formula is C17H32N2O2. The van der Waals surface area contributed by atoms with Crippen LogP contribution in [0.1, 0.15) is 52.9 Å². The third kappa shape index (κ3) is 4.96. The lowest BCUT2D eigenvalue weighted by Gasteiger charge is -2.42. The van der Waals surface area contributed by atoms with Gasteiger partial charge in [0.15, 0.2) is 0 Å². The fourth-order valence-corrected chi connectivity index (χ4v) is 3.28. The van der Waals surface area contributed by atoms with E-state index >= 15 is 0 Å². The Morgan fingerprint density at radius 1 is 1.33 bits per heavy atom. The third-order valence-electron chi connectivity index (χ3n) is 5.07. The van der Waals surface area contributed by atoms with Crippen LogP contribution in [0.15, 0.2) is 0 Å². The zero-order valence-corrected chi connectivity index (χ0v) is 14.0. The van der Waals surface area contributed by atoms with Crippen LogP contribution in [-0.2, 0) is 4.79 Å². The largest absolute Gasteiger partial charge is 0.396 e. The molecule has 4 nitrogen and oxygen atoms in total. The monoisotopic (exact) mass is 296 g/mol. The van der Waals surface area contributed by atoms with Crippen LogP contribution in [0.3, 0.4) is 0 Å². The van der Waals surface area contributed by atoms with E-state index in [0.717, 1.165) is 39.0 Å². The lowest BCUT2D eigenvalue weighted by atomic mass is 10.0. The normalized spacial score (nSPS) is 25.4. The van der Waals surface area contributed by atoms with Gasteiger partial charge in [0.05, 0.1) is 0 Å². The standard InChI is InChI=1S/C17H32N2O2/c1-14(2)12-18-9-10-19(13-15(18)5-11-20)16(21)4-6-17(3)7-8-17/h14-15,20H,4-13H2,1-3H3. The van der Waals surface area contributed by atoms with E-state index in [1.54, 1.807) is 0 Å². The third-order valence-corrected chi connectivity index (χ3v) is 5.07. The van der Waals surface area contributed by atoms with E-state index in [1.165, 1.54) is 12.8 Å². The molecule has 0 aromatic rings. The average Bonchev–Trinajstić information content (AvgIpc) is 3.16. The maximum absolute atomic E-state index is 12.4. The van der Waals surface area contributed by atoms with Gasteiger partial charge < -0.3 is 10.0 Å². The van der Waals surface area contributed by atoms with Crippen LogP contribution in [0.4, 0.5) is 0 Å². The number of carbonyl (C=O) groups excluding carboxylic acids is 1. The van der Waals surface area contributed by atoms with Crippen molar-refractivity contribution >= 4 is 5.91 Å². The number of hydrogen-bond donors (Lipinski definition) is 1. The molecule has 0 aromatic heterocycles. The molecule has 4 heteroatoms. The van der Waals surface area contributed by atoms with E-state index in [9.17, 15) is 9.90 Å². The highest BCUT2D eigenvalue weighted by Crippen LogP contribution is 2.48. The summed E-state index contributed by atoms with van der Waals surface area (Å²) in [6, 6.07) is 0.326. The van der Waals surface area contributed by atoms with Crippen molar-refractivity contribution in [1.82, 2.24) is 9.80 Å². The summed E-state index contributed by atoms with van der Waals surface area (Å²) >= 11 is 0. The predicted molar refractivity (Wildman–Crippen MR) is 85.1 cm³/mol. The molecular weight excluding hydrogens is 264 g/mol. The summed E-state index contributed by atoms with van der Waals surface area (Å²) in [6.45, 7) is 10.6. The molecule has 0 bridgehead atoms. The molecule has 0 radical (unpaired) electrons. The Bertz CT molecular complexity index is 353. The Balaban J connectivity index is 1.83. The van der Waals surface area contributed by atoms with Gasteiger partial charge in [-0.3, -0.25) is 9.69 Å². The minimum Gasteiger partial charge on any atom is -0.396 e. The molecule has 21 heavy (non-hydrogen) atoms. The lowest BCUT2D eigenvalue weighted by Crippen LogP contribution is -2.55. The summed E-state index contributed by atoms with van der Waals surface area (Å²) in [7, 11) is 0. The molecule has 122 valence electrons. The molecule has 1 atom stereocenters. The number of piperazine rings is 1. The molecule has 1 aliphatic heterocycles. The summed E-state index contributed by atoms with van der Waals surface area (Å²) < 4.78 is 0. The maximum Gasteiger partial charge on any atom is 0.222 e. The van der Waals surface area contributed by atoms with Crippen molar-refractivity contribution in [3.8, 4) is 0 Å². The Hall–Kier alpha value is -0.610. The van der Waals surface area contributed by atoms with Gasteiger partial charge in [-0.1, -0.05) is 20.8 Å². The van der Waals surface area contributed by atoms with Gasteiger partial charge in [0.2, 0.25) is 5.91 Å². The van der Waals surface area contributed by atoms with Gasteiger partial charge in [0.1, 0.15) is 0 Å². The van der Waals surface area contributed by atoms with Gasteiger partial charge in [-0.15, -0.1) is 0 Å². The molecule has 0 aromatic carbocycles. The van der Waals surface area contributed by atoms with Crippen LogP contribution < -0.4 is 0 Å². The highest BCUT2D eigenvalue weighted by Gasteiger charge is 2.38. The second-order valence-corrected chi connectivity index (χ2v) is 7.71. The smallest absolute Gasteiger partial charge is 0.222 e. The van der Waals surface area contributed by atoms with Gasteiger partial charge in [-0.25, -0.2) is 0 Å². The zero-order valence-electron chi connectivity index (χ0n) is 14.0. The first-order chi connectivity index (χ1) is 9.93. The van der Waals surface area contributed by atoms with E-state index in [4.69, 9.17) is 0 Å². The van der Waals surface area contributed by atoms with Crippen LogP contribution in [-0.4, -0.2) is 59.6 Å². The summed E-state index contributed by atoms with van der Waals surface area (Å²) in [5.41, 5.74) is 0.458. The molecule has 1 amide bonds. The topological polar surface area (TPSA) is 43.8 Å². The minimum atomic E-state index is 0.208. The Morgan fingerprint density at radius 3 is 2.62 bits per heavy atom. The summed E-state index contributed by atoms with van der Waals surface area (Å²) in [4.78, 5) is 16.9. The van der Waals surface area contributed by atoms with Crippen LogP contribution in [0.2, 0.25) is 0 Å². The van der Waals surface area contributed by atoms with Crippen molar-refractivity contribution in [2.75, 3.05) is 32.8 Å². The number of aliphatic hydroxyl groups excluding tert-OH is 1. The fourth-order valence-electron chi connectivity index (χ4n) is 3.28. The van der Waals surface area contributed by atoms with Gasteiger partial charge in [0.25, 0.3) is 0 Å². The Kier molecular flexibility index (Phi) is 5.67. The maximum atomic E-state index is 12.4. The molecule has 0 spiro atoms. The average molecular weight is 296 g/mol. The number of rotatable bonds is 7. The number of aliphatic hydroxyl groups is 1. The second kappa shape index (κ2) is 7.10. The quantitative estimate of drug-likeness (QED) is 0.782. The minimum absolute atomic E-state index is 0.208. The predicted octanol–water partition coefficient (Wildman–Crippen LogP) is 2.12. The van der Waals surface area contributed by atoms with Crippen molar-refractivity contribution in [3.05, 3.63) is 0 Å². The van der Waals surface area contributed by atoms with Crippen molar-refractivity contribution < 1.29 is 9.90 Å². The number of carbonyl (C=O) groups is 1. The highest BCUT2D eigenvalue weighted by atomic mass is 16.3. The van der Waals surface area contributed by atoms with Crippen molar-refractivity contribution in [2.45, 2.75) is 58.9 Å². The van der Waals surface area contributed by atoms with E-state index in [-0.39, 0.29) is 6.61 Å². The number of nitrogens with zero attached hydrogens (tertiary/aromatic N) is 2. The van der Waals surface area contributed by atoms with Gasteiger partial charge in [-0.05, 0) is 37.0 Å². The van der Waals surface area contributed by atoms with E-state index in [1.807, 2.05) is 4.90 Å². The van der Waals surface area contributed by atoms with Gasteiger partial charge >= 0.3 is 0 Å². The first-order valence-electron chi connectivity index (χ1n) is 8.56. The molecule has 2 aliphatic rings. The van der Waals surface area contributed by atoms with Gasteiger partial charge in [-0.2, -0.15) is 0 Å². The molecule has 2 fully saturated rings. The Labute approximate surface area is 129 Å². The van der Waals surface area contributed by atoms with E-state index in [2.05, 4.69) is 25.7 Å². The first kappa shape index (κ1) is 16.8. The molecule has 1 N–H and O–H groups in total. The molecule has 2 rings (SSSR count). The number of amides is 1. The molecule has 1 unspecified atom stereocenters. The van der Waals surface area contributed by atoms with Crippen LogP contribution in [0.25, 0.3) is 0 Å². The second-order valence-electron chi connectivity index (χ2n) is 7.71. The first-order valence-corrected chi connectivity index (χ1v) is 8.56. The van der Waals surface area contributed by atoms with E-state index < -0.39 is 0 Å². The molecule has 1 saturated carbocycles. The zero-order chi connectivity index (χ0) is 15.5. The number of hydrogen-bond acceptors (Lipinski definition) is 3. The summed E-state index contributed by atoms with van der Waals surface area (Å²) in [5, 5.41) is 9.28. The highest BCUT2D eigenvalue weighted by molar-refractivity contribution is 5.76. The van der Waals surface area contributed by atoms with Crippen LogP contribution >= 0.6 is 0 Å². The lowest BCUT2D eigenvalue weighted by molar-refractivity contribution is -0.135. The molecule has 1 saturated heterocycles. The van der Waals surface area contributed by atoms with Crippen molar-refractivity contribution in [1.29, 1.82) is 0 Å². The van der Waals surface area contributed by atoms with Crippen molar-refractivity contribution in [2.24, 2.45) is 11.3 Å². The van der Waals surface area contributed by atoms with Gasteiger partial charge in [0, 0.05) is 45.2 Å².